The molecule has 1 aromatic carbocycles. The van der Waals surface area contributed by atoms with Crippen LogP contribution in [0.3, 0.4) is 0 Å². The molecule has 1 saturated heterocycles. The molecule has 1 aliphatic rings. The summed E-state index contributed by atoms with van der Waals surface area (Å²) in [5.41, 5.74) is 6.71. The lowest BCUT2D eigenvalue weighted by Gasteiger charge is -2.34. The second kappa shape index (κ2) is 12.5. The number of hydrogen-bond donors (Lipinski definition) is 3. The van der Waals surface area contributed by atoms with E-state index in [0.717, 1.165) is 5.76 Å². The number of amides is 1. The van der Waals surface area contributed by atoms with Crippen molar-refractivity contribution in [1.29, 1.82) is 0 Å². The normalized spacial score (nSPS) is 15.4. The minimum Gasteiger partial charge on any atom is -0.505 e. The molecular formula is C26H32N8O3S. The van der Waals surface area contributed by atoms with E-state index in [4.69, 9.17) is 10.2 Å². The fourth-order valence-corrected chi connectivity index (χ4v) is 4.44. The first-order chi connectivity index (χ1) is 18.4. The van der Waals surface area contributed by atoms with Crippen LogP contribution in [0.2, 0.25) is 0 Å². The van der Waals surface area contributed by atoms with Gasteiger partial charge in [-0.1, -0.05) is 24.9 Å². The van der Waals surface area contributed by atoms with Crippen molar-refractivity contribution in [2.45, 2.75) is 26.3 Å². The Bertz CT molecular complexity index is 1300. The molecule has 1 aliphatic heterocycles. The Labute approximate surface area is 226 Å². The van der Waals surface area contributed by atoms with Crippen LogP contribution in [-0.4, -0.2) is 70.0 Å². The number of nitrogens with one attached hydrogen (secondary N) is 1. The van der Waals surface area contributed by atoms with Crippen molar-refractivity contribution < 1.29 is 14.3 Å². The van der Waals surface area contributed by atoms with E-state index >= 15 is 0 Å². The van der Waals surface area contributed by atoms with Crippen LogP contribution in [-0.2, 0) is 0 Å². The number of aromatic hydroxyl groups is 1. The number of phenolic OH excluding ortho intramolecular Hbond substituents is 1. The number of carbonyl (C=O) groups excluding carboxylic acids is 1. The van der Waals surface area contributed by atoms with Crippen LogP contribution < -0.4 is 15.4 Å². The highest BCUT2D eigenvalue weighted by molar-refractivity contribution is 7.97. The highest BCUT2D eigenvalue weighted by Gasteiger charge is 2.26. The van der Waals surface area contributed by atoms with Crippen molar-refractivity contribution in [3.8, 4) is 5.75 Å². The monoisotopic (exact) mass is 536 g/mol. The maximum atomic E-state index is 13.3. The number of phenols is 1. The van der Waals surface area contributed by atoms with Gasteiger partial charge in [-0.3, -0.25) is 9.79 Å². The SMILES string of the molecule is CC[C@@H](N=C(N)C(=Nc1cccc(C(=O)N2CCN(c3ncccn3)CC2)c1O)NSC)c1ccc(C)o1. The lowest BCUT2D eigenvalue weighted by molar-refractivity contribution is 0.0743. The van der Waals surface area contributed by atoms with Gasteiger partial charge >= 0.3 is 0 Å². The number of para-hydroxylation sites is 1. The Morgan fingerprint density at radius 3 is 2.55 bits per heavy atom. The molecule has 4 N–H and O–H groups in total. The Morgan fingerprint density at radius 2 is 1.92 bits per heavy atom. The molecule has 0 saturated carbocycles. The van der Waals surface area contributed by atoms with Gasteiger partial charge in [0.1, 0.15) is 23.2 Å². The third kappa shape index (κ3) is 6.25. The maximum Gasteiger partial charge on any atom is 0.257 e. The number of hydrogen-bond acceptors (Lipinski definition) is 9. The molecule has 0 radical (unpaired) electrons. The number of aliphatic imine (C=N–C) groups is 2. The number of aromatic nitrogens is 2. The molecule has 1 atom stereocenters. The Kier molecular flexibility index (Phi) is 8.85. The lowest BCUT2D eigenvalue weighted by Crippen LogP contribution is -2.49. The lowest BCUT2D eigenvalue weighted by atomic mass is 10.1. The molecule has 200 valence electrons. The van der Waals surface area contributed by atoms with E-state index in [1.807, 2.05) is 37.1 Å². The van der Waals surface area contributed by atoms with E-state index in [2.05, 4.69) is 24.7 Å². The average Bonchev–Trinajstić information content (AvgIpc) is 3.38. The fourth-order valence-electron chi connectivity index (χ4n) is 4.10. The summed E-state index contributed by atoms with van der Waals surface area (Å²) in [6.07, 6.45) is 5.90. The van der Waals surface area contributed by atoms with E-state index < -0.39 is 0 Å². The number of carbonyl (C=O) groups is 1. The minimum absolute atomic E-state index is 0.163. The summed E-state index contributed by atoms with van der Waals surface area (Å²) >= 11 is 1.29. The number of amidine groups is 2. The summed E-state index contributed by atoms with van der Waals surface area (Å²) in [7, 11) is 0. The summed E-state index contributed by atoms with van der Waals surface area (Å²) in [5, 5.41) is 11.0. The molecule has 3 aromatic rings. The van der Waals surface area contributed by atoms with Crippen LogP contribution in [0.25, 0.3) is 0 Å². The predicted octanol–water partition coefficient (Wildman–Crippen LogP) is 3.45. The number of aryl methyl sites for hydroxylation is 1. The summed E-state index contributed by atoms with van der Waals surface area (Å²) in [5.74, 6) is 2.10. The van der Waals surface area contributed by atoms with Gasteiger partial charge < -0.3 is 29.8 Å². The van der Waals surface area contributed by atoms with Crippen molar-refractivity contribution in [3.63, 3.8) is 0 Å². The summed E-state index contributed by atoms with van der Waals surface area (Å²) < 4.78 is 8.76. The van der Waals surface area contributed by atoms with Gasteiger partial charge in [0.15, 0.2) is 17.4 Å². The van der Waals surface area contributed by atoms with Crippen LogP contribution in [0.4, 0.5) is 11.6 Å². The zero-order chi connectivity index (χ0) is 27.1. The number of furan rings is 1. The second-order valence-corrected chi connectivity index (χ2v) is 9.27. The Balaban J connectivity index is 1.53. The Morgan fingerprint density at radius 1 is 1.18 bits per heavy atom. The molecule has 3 heterocycles. The largest absolute Gasteiger partial charge is 0.505 e. The second-order valence-electron chi connectivity index (χ2n) is 8.65. The van der Waals surface area contributed by atoms with Crippen LogP contribution in [0, 0.1) is 6.92 Å². The Hall–Kier alpha value is -4.06. The van der Waals surface area contributed by atoms with Crippen LogP contribution in [0.15, 0.2) is 63.2 Å². The minimum atomic E-state index is -0.279. The number of nitrogens with two attached hydrogens (primary N) is 1. The first kappa shape index (κ1) is 27.0. The molecule has 38 heavy (non-hydrogen) atoms. The van der Waals surface area contributed by atoms with E-state index in [-0.39, 0.29) is 40.6 Å². The van der Waals surface area contributed by atoms with E-state index in [1.54, 1.807) is 41.6 Å². The third-order valence-electron chi connectivity index (χ3n) is 6.09. The molecular weight excluding hydrogens is 504 g/mol. The van der Waals surface area contributed by atoms with Gasteiger partial charge in [-0.15, -0.1) is 0 Å². The number of rotatable bonds is 7. The molecule has 1 amide bonds. The molecule has 12 heteroatoms. The number of piperazine rings is 1. The first-order valence-corrected chi connectivity index (χ1v) is 13.5. The molecule has 0 aliphatic carbocycles. The zero-order valence-corrected chi connectivity index (χ0v) is 22.5. The van der Waals surface area contributed by atoms with Gasteiger partial charge in [-0.2, -0.15) is 0 Å². The zero-order valence-electron chi connectivity index (χ0n) is 21.7. The quantitative estimate of drug-likeness (QED) is 0.235. The highest BCUT2D eigenvalue weighted by atomic mass is 32.2. The predicted molar refractivity (Wildman–Crippen MR) is 150 cm³/mol. The average molecular weight is 537 g/mol. The molecule has 0 bridgehead atoms. The van der Waals surface area contributed by atoms with Crippen LogP contribution in [0.5, 0.6) is 5.75 Å². The first-order valence-electron chi connectivity index (χ1n) is 12.3. The van der Waals surface area contributed by atoms with E-state index in [1.165, 1.54) is 11.9 Å². The van der Waals surface area contributed by atoms with E-state index in [9.17, 15) is 9.90 Å². The van der Waals surface area contributed by atoms with Gasteiger partial charge in [0.25, 0.3) is 5.91 Å². The van der Waals surface area contributed by atoms with Crippen molar-refractivity contribution in [3.05, 3.63) is 65.9 Å². The van der Waals surface area contributed by atoms with Crippen molar-refractivity contribution in [1.82, 2.24) is 19.6 Å². The molecule has 2 aromatic heterocycles. The summed E-state index contributed by atoms with van der Waals surface area (Å²) in [6.45, 7) is 6.01. The van der Waals surface area contributed by atoms with Gasteiger partial charge in [0, 0.05) is 44.8 Å². The highest BCUT2D eigenvalue weighted by Crippen LogP contribution is 2.32. The van der Waals surface area contributed by atoms with Crippen molar-refractivity contribution in [2.75, 3.05) is 37.3 Å². The number of benzene rings is 1. The molecule has 11 nitrogen and oxygen atoms in total. The summed E-state index contributed by atoms with van der Waals surface area (Å²) in [6, 6.07) is 10.2. The van der Waals surface area contributed by atoms with Gasteiger partial charge in [0.05, 0.1) is 5.56 Å². The topological polar surface area (TPSA) is 145 Å². The fraction of sp³-hybridized carbons (Fsp3) is 0.346. The van der Waals surface area contributed by atoms with Crippen molar-refractivity contribution >= 4 is 41.2 Å². The molecule has 1 fully saturated rings. The van der Waals surface area contributed by atoms with Gasteiger partial charge in [-0.25, -0.2) is 15.0 Å². The summed E-state index contributed by atoms with van der Waals surface area (Å²) in [4.78, 5) is 34.7. The third-order valence-corrected chi connectivity index (χ3v) is 6.49. The number of anilines is 1. The molecule has 0 spiro atoms. The van der Waals surface area contributed by atoms with Gasteiger partial charge in [-0.05, 0) is 43.7 Å². The molecule has 0 unspecified atom stereocenters. The van der Waals surface area contributed by atoms with Gasteiger partial charge in [0.2, 0.25) is 5.95 Å². The van der Waals surface area contributed by atoms with Crippen LogP contribution in [0.1, 0.15) is 41.3 Å². The standard InChI is InChI=1S/C26H32N8O3S/c1-4-19(21-10-9-17(2)37-21)30-23(27)24(32-38-3)31-20-8-5-7-18(22(20)35)25(36)33-13-15-34(16-14-33)26-28-11-6-12-29-26/h5-12,19,35H,4,13-16H2,1-3H3,(H2,27,30)(H,31,32)/t19-/m1/s1. The molecule has 4 rings (SSSR count). The van der Waals surface area contributed by atoms with Crippen LogP contribution >= 0.6 is 11.9 Å². The van der Waals surface area contributed by atoms with E-state index in [0.29, 0.717) is 44.3 Å². The van der Waals surface area contributed by atoms with Crippen molar-refractivity contribution in [2.24, 2.45) is 15.7 Å². The smallest absolute Gasteiger partial charge is 0.257 e. The number of nitrogens with zero attached hydrogens (tertiary/aromatic N) is 6. The maximum absolute atomic E-state index is 13.3.